The van der Waals surface area contributed by atoms with Gasteiger partial charge in [-0.15, -0.1) is 5.10 Å². The van der Waals surface area contributed by atoms with Crippen LogP contribution in [0.3, 0.4) is 0 Å². The molecular weight excluding hydrogens is 994 g/mol. The molecule has 8 aromatic rings. The third-order valence-electron chi connectivity index (χ3n) is 12.3. The summed E-state index contributed by atoms with van der Waals surface area (Å²) in [6, 6.07) is 15.8. The summed E-state index contributed by atoms with van der Waals surface area (Å²) < 4.78 is 39.6. The highest BCUT2D eigenvalue weighted by molar-refractivity contribution is 6.35. The number of H-pyrrole nitrogens is 3. The van der Waals surface area contributed by atoms with Crippen molar-refractivity contribution in [2.75, 3.05) is 16.0 Å². The smallest absolute Gasteiger partial charge is 0.367 e. The topological polar surface area (TPSA) is 296 Å². The van der Waals surface area contributed by atoms with E-state index >= 15 is 0 Å². The quantitative estimate of drug-likeness (QED) is 0.0426. The summed E-state index contributed by atoms with van der Waals surface area (Å²) in [7, 11) is 0. The van der Waals surface area contributed by atoms with Gasteiger partial charge in [0.15, 0.2) is 6.29 Å². The number of aromatic amines is 3. The van der Waals surface area contributed by atoms with E-state index in [1.165, 1.54) is 48.5 Å². The predicted molar refractivity (Wildman–Crippen MR) is 271 cm³/mol. The molecular formula is C53H43F3N10O10. The molecule has 3 aliphatic rings. The van der Waals surface area contributed by atoms with Gasteiger partial charge in [-0.05, 0) is 153 Å². The Morgan fingerprint density at radius 2 is 1.11 bits per heavy atom. The number of amides is 3. The predicted octanol–water partition coefficient (Wildman–Crippen LogP) is 8.10. The second kappa shape index (κ2) is 21.1. The number of hydrogen-bond acceptors (Lipinski definition) is 11. The monoisotopic (exact) mass is 1040 g/mol. The summed E-state index contributed by atoms with van der Waals surface area (Å²) in [5.41, 5.74) is 10.1. The Balaban J connectivity index is 0.000000147. The Kier molecular flexibility index (Phi) is 14.5. The zero-order valence-electron chi connectivity index (χ0n) is 41.0. The Bertz CT molecular complexity index is 3830. The van der Waals surface area contributed by atoms with Crippen LogP contribution in [0.15, 0.2) is 72.9 Å². The number of rotatable bonds is 7. The van der Waals surface area contributed by atoms with E-state index in [1.54, 1.807) is 78.1 Å². The second-order valence-corrected chi connectivity index (χ2v) is 17.3. The number of carbonyl (C=O) groups is 7. The number of fused-ring (bicyclic) bond motifs is 4. The van der Waals surface area contributed by atoms with E-state index in [9.17, 15) is 51.8 Å². The van der Waals surface area contributed by atoms with Gasteiger partial charge in [-0.25, -0.2) is 32.5 Å². The van der Waals surface area contributed by atoms with E-state index in [1.807, 2.05) is 0 Å². The average Bonchev–Trinajstić information content (AvgIpc) is 4.24. The number of nitrogens with zero attached hydrogens (tertiary/aromatic N) is 4. The van der Waals surface area contributed by atoms with Crippen molar-refractivity contribution in [3.63, 3.8) is 0 Å². The van der Waals surface area contributed by atoms with Gasteiger partial charge in [-0.3, -0.25) is 19.2 Å². The Morgan fingerprint density at radius 1 is 0.632 bits per heavy atom. The zero-order valence-corrected chi connectivity index (χ0v) is 41.0. The number of carbonyl (C=O) groups excluding carboxylic acids is 5. The van der Waals surface area contributed by atoms with Crippen LogP contribution in [0.25, 0.3) is 34.5 Å². The molecule has 5 aromatic heterocycles. The number of aryl methyl sites for hydroxylation is 3. The molecule has 0 aliphatic carbocycles. The van der Waals surface area contributed by atoms with Gasteiger partial charge in [-0.1, -0.05) is 0 Å². The van der Waals surface area contributed by atoms with Crippen molar-refractivity contribution in [3.05, 3.63) is 175 Å². The average molecular weight is 1040 g/mol. The first-order valence-corrected chi connectivity index (χ1v) is 22.8. The van der Waals surface area contributed by atoms with Crippen molar-refractivity contribution in [3.8, 4) is 0 Å². The maximum absolute atomic E-state index is 13.7. The molecule has 0 radical (unpaired) electrons. The zero-order chi connectivity index (χ0) is 54.9. The highest BCUT2D eigenvalue weighted by Gasteiger charge is 2.29. The highest BCUT2D eigenvalue weighted by Crippen LogP contribution is 2.36. The summed E-state index contributed by atoms with van der Waals surface area (Å²) in [5, 5.41) is 33.6. The van der Waals surface area contributed by atoms with Crippen LogP contribution in [0.4, 0.5) is 30.2 Å². The number of benzene rings is 3. The lowest BCUT2D eigenvalue weighted by Crippen LogP contribution is -2.22. The van der Waals surface area contributed by atoms with Crippen LogP contribution in [0.1, 0.15) is 103 Å². The van der Waals surface area contributed by atoms with Crippen LogP contribution in [0.2, 0.25) is 0 Å². The third-order valence-corrected chi connectivity index (χ3v) is 12.3. The van der Waals surface area contributed by atoms with Crippen molar-refractivity contribution in [2.45, 2.75) is 48.0 Å². The van der Waals surface area contributed by atoms with Crippen LogP contribution in [-0.4, -0.2) is 87.2 Å². The van der Waals surface area contributed by atoms with Gasteiger partial charge in [-0.2, -0.15) is 0 Å². The van der Waals surface area contributed by atoms with Gasteiger partial charge in [0.2, 0.25) is 11.6 Å². The minimum Gasteiger partial charge on any atom is -0.478 e. The Morgan fingerprint density at radius 3 is 1.61 bits per heavy atom. The number of carboxylic acid groups (broad SMARTS) is 2. The van der Waals surface area contributed by atoms with E-state index in [0.29, 0.717) is 114 Å². The number of nitrogens with one attached hydrogen (secondary N) is 6. The molecule has 0 unspecified atom stereocenters. The molecule has 0 saturated carbocycles. The van der Waals surface area contributed by atoms with Crippen LogP contribution in [0, 0.1) is 59.0 Å². The lowest BCUT2D eigenvalue weighted by molar-refractivity contribution is -0.115. The molecule has 11 rings (SSSR count). The molecule has 8 N–H and O–H groups in total. The lowest BCUT2D eigenvalue weighted by atomic mass is 10.0. The van der Waals surface area contributed by atoms with E-state index in [2.05, 4.69) is 46.2 Å². The molecule has 0 fully saturated rings. The van der Waals surface area contributed by atoms with Crippen molar-refractivity contribution >= 4 is 93.4 Å². The third kappa shape index (κ3) is 10.5. The van der Waals surface area contributed by atoms with Gasteiger partial charge >= 0.3 is 17.9 Å². The maximum atomic E-state index is 13.7. The largest absolute Gasteiger partial charge is 0.478 e. The van der Waals surface area contributed by atoms with Gasteiger partial charge in [0, 0.05) is 62.9 Å². The van der Waals surface area contributed by atoms with Gasteiger partial charge in [0.25, 0.3) is 11.8 Å². The molecule has 386 valence electrons. The van der Waals surface area contributed by atoms with Gasteiger partial charge in [0.05, 0.1) is 40.0 Å². The second-order valence-electron chi connectivity index (χ2n) is 17.3. The normalized spacial score (nSPS) is 13.8. The number of aromatic nitrogens is 7. The minimum atomic E-state index is -1.03. The fourth-order valence-electron chi connectivity index (χ4n) is 8.70. The molecule has 3 aliphatic heterocycles. The first-order valence-electron chi connectivity index (χ1n) is 22.8. The standard InChI is InChI=1S/C21H15FN6O3.C16H13FN2O3.C8H6FNO.C8H9NO3/c1-10-17(9-14-13-8-12(22)5-6-15(13)25-20(14)29)24-11(2)18(10)21(30)31-28-19-16(26-27-28)4-3-7-23-19;1-7-13(18-8(2)14(7)16(21)22)6-11-10-5-9(17)3-4-12(10)19-15(11)20;9-6-1-2-7-5(3-6)4-8(11)10-7;1-4-6(3-10)9-5(2)7(4)8(11)12/h3-9,24H,1-2H3,(H,25,29);3-6,18H,1-2H3,(H,19,20)(H,21,22);1-3H,4H2,(H,10,11);3,9H,1-2H3,(H,11,12)/b14-9-;11-6-;;. The molecule has 0 spiro atoms. The molecule has 3 aromatic carbocycles. The van der Waals surface area contributed by atoms with E-state index in [-0.39, 0.29) is 34.7 Å². The summed E-state index contributed by atoms with van der Waals surface area (Å²) in [4.78, 5) is 99.5. The Hall–Kier alpha value is -10.2. The molecule has 8 heterocycles. The fourth-order valence-corrected chi connectivity index (χ4v) is 8.70. The van der Waals surface area contributed by atoms with E-state index < -0.39 is 29.5 Å². The van der Waals surface area contributed by atoms with Gasteiger partial charge < -0.3 is 46.0 Å². The number of pyridine rings is 1. The fraction of sp³-hybridized carbons (Fsp3) is 0.132. The number of aldehydes is 1. The molecule has 0 saturated heterocycles. The van der Waals surface area contributed by atoms with Crippen molar-refractivity contribution in [1.82, 2.24) is 35.1 Å². The van der Waals surface area contributed by atoms with E-state index in [0.717, 1.165) is 16.1 Å². The first-order chi connectivity index (χ1) is 36.1. The Labute approximate surface area is 427 Å². The molecule has 23 heteroatoms. The van der Waals surface area contributed by atoms with Crippen molar-refractivity contribution < 1.29 is 61.8 Å². The highest BCUT2D eigenvalue weighted by atomic mass is 19.1. The van der Waals surface area contributed by atoms with Crippen LogP contribution < -0.4 is 20.8 Å². The minimum absolute atomic E-state index is 0.0643. The maximum Gasteiger partial charge on any atom is 0.367 e. The van der Waals surface area contributed by atoms with Crippen LogP contribution in [-0.2, 0) is 20.8 Å². The van der Waals surface area contributed by atoms with Gasteiger partial charge in [0.1, 0.15) is 23.0 Å². The summed E-state index contributed by atoms with van der Waals surface area (Å²) in [6.07, 6.45) is 5.60. The van der Waals surface area contributed by atoms with Crippen LogP contribution in [0.5, 0.6) is 0 Å². The van der Waals surface area contributed by atoms with Crippen molar-refractivity contribution in [1.29, 1.82) is 0 Å². The molecule has 76 heavy (non-hydrogen) atoms. The van der Waals surface area contributed by atoms with E-state index in [4.69, 9.17) is 9.94 Å². The molecule has 20 nitrogen and oxygen atoms in total. The van der Waals surface area contributed by atoms with Crippen LogP contribution >= 0.6 is 0 Å². The number of hydrogen-bond donors (Lipinski definition) is 8. The number of carboxylic acids is 2. The number of aromatic carboxylic acids is 2. The number of anilines is 3. The lowest BCUT2D eigenvalue weighted by Gasteiger charge is -2.03. The SMILES string of the molecule is Cc1[nH]c(/C=C2\C(=O)Nc3ccc(F)cc32)c(C)c1C(=O)O.Cc1[nH]c(/C=C2\C(=O)Nc3ccc(F)cc32)c(C)c1C(=O)On1nnc2cccnc21.Cc1[nH]c(C=O)c(C)c1C(=O)O.O=C1Cc2cc(F)ccc2N1. The summed E-state index contributed by atoms with van der Waals surface area (Å²) >= 11 is 0. The molecule has 0 atom stereocenters. The summed E-state index contributed by atoms with van der Waals surface area (Å²) in [6.45, 7) is 9.99. The summed E-state index contributed by atoms with van der Waals surface area (Å²) in [5.74, 6) is -4.63. The van der Waals surface area contributed by atoms with Crippen molar-refractivity contribution in [2.24, 2.45) is 0 Å². The molecule has 0 bridgehead atoms. The first kappa shape index (κ1) is 52.1. The number of halogens is 3. The molecule has 3 amide bonds.